The van der Waals surface area contributed by atoms with Gasteiger partial charge in [0.1, 0.15) is 6.04 Å². The Hall–Kier alpha value is -3.46. The summed E-state index contributed by atoms with van der Waals surface area (Å²) in [6.07, 6.45) is 7.70. The maximum absolute atomic E-state index is 12.5. The zero-order valence-electron chi connectivity index (χ0n) is 14.0. The van der Waals surface area contributed by atoms with E-state index < -0.39 is 6.04 Å². The molecule has 128 valence electrons. The smallest absolute Gasteiger partial charge is 0.225 e. The minimum atomic E-state index is -0.713. The Morgan fingerprint density at radius 1 is 1.23 bits per heavy atom. The first-order chi connectivity index (χ1) is 12.8. The highest BCUT2D eigenvalue weighted by Crippen LogP contribution is 2.47. The highest BCUT2D eigenvalue weighted by molar-refractivity contribution is 5.83. The highest BCUT2D eigenvalue weighted by Gasteiger charge is 2.44. The Balaban J connectivity index is 1.43. The van der Waals surface area contributed by atoms with Gasteiger partial charge < -0.3 is 5.32 Å². The van der Waals surface area contributed by atoms with Crippen molar-refractivity contribution in [1.82, 2.24) is 20.1 Å². The van der Waals surface area contributed by atoms with Gasteiger partial charge >= 0.3 is 0 Å². The zero-order chi connectivity index (χ0) is 17.9. The van der Waals surface area contributed by atoms with E-state index in [0.717, 1.165) is 17.7 Å². The molecular formula is C20H17N5O. The molecule has 2 aromatic heterocycles. The third-order valence-electron chi connectivity index (χ3n) is 4.61. The molecule has 0 aliphatic heterocycles. The number of pyridine rings is 1. The van der Waals surface area contributed by atoms with Crippen LogP contribution in [-0.2, 0) is 4.79 Å². The van der Waals surface area contributed by atoms with Crippen LogP contribution in [0.25, 0.3) is 5.69 Å². The molecule has 1 aliphatic rings. The molecule has 1 amide bonds. The van der Waals surface area contributed by atoms with Gasteiger partial charge in [-0.15, -0.1) is 0 Å². The van der Waals surface area contributed by atoms with Crippen molar-refractivity contribution < 1.29 is 4.79 Å². The van der Waals surface area contributed by atoms with Gasteiger partial charge in [0.05, 0.1) is 18.0 Å². The third kappa shape index (κ3) is 3.20. The molecule has 6 nitrogen and oxygen atoms in total. The molecule has 26 heavy (non-hydrogen) atoms. The number of hydrogen-bond acceptors (Lipinski definition) is 4. The summed E-state index contributed by atoms with van der Waals surface area (Å²) in [7, 11) is 0. The predicted molar refractivity (Wildman–Crippen MR) is 95.1 cm³/mol. The van der Waals surface area contributed by atoms with Crippen molar-refractivity contribution in [3.05, 3.63) is 78.4 Å². The van der Waals surface area contributed by atoms with E-state index >= 15 is 0 Å². The molecule has 0 bridgehead atoms. The lowest BCUT2D eigenvalue weighted by atomic mass is 10.1. The molecule has 3 aromatic rings. The van der Waals surface area contributed by atoms with Crippen molar-refractivity contribution in [3.63, 3.8) is 0 Å². The number of para-hydroxylation sites is 1. The number of nitriles is 1. The lowest BCUT2D eigenvalue weighted by Crippen LogP contribution is -2.29. The second kappa shape index (κ2) is 6.81. The molecule has 1 N–H and O–H groups in total. The Labute approximate surface area is 151 Å². The van der Waals surface area contributed by atoms with Gasteiger partial charge in [-0.1, -0.05) is 24.3 Å². The fraction of sp³-hybridized carbons (Fsp3) is 0.200. The number of nitrogens with zero attached hydrogens (tertiary/aromatic N) is 4. The summed E-state index contributed by atoms with van der Waals surface area (Å²) >= 11 is 0. The average Bonchev–Trinajstić information content (AvgIpc) is 3.36. The lowest BCUT2D eigenvalue weighted by molar-refractivity contribution is -0.122. The second-order valence-electron chi connectivity index (χ2n) is 6.36. The van der Waals surface area contributed by atoms with Crippen LogP contribution in [0, 0.1) is 17.2 Å². The van der Waals surface area contributed by atoms with E-state index in [4.69, 9.17) is 0 Å². The van der Waals surface area contributed by atoms with Gasteiger partial charge in [-0.3, -0.25) is 9.78 Å². The van der Waals surface area contributed by atoms with Crippen LogP contribution in [0.4, 0.5) is 0 Å². The van der Waals surface area contributed by atoms with Crippen molar-refractivity contribution in [2.24, 2.45) is 5.92 Å². The van der Waals surface area contributed by atoms with Crippen molar-refractivity contribution in [2.45, 2.75) is 18.4 Å². The maximum Gasteiger partial charge on any atom is 0.225 e. The monoisotopic (exact) mass is 343 g/mol. The summed E-state index contributed by atoms with van der Waals surface area (Å²) in [6.45, 7) is 0. The molecule has 2 heterocycles. The molecule has 4 rings (SSSR count). The Morgan fingerprint density at radius 3 is 2.81 bits per heavy atom. The fourth-order valence-corrected chi connectivity index (χ4v) is 3.10. The lowest BCUT2D eigenvalue weighted by Gasteiger charge is -2.09. The van der Waals surface area contributed by atoms with Crippen LogP contribution in [0.1, 0.15) is 29.5 Å². The molecule has 1 aromatic carbocycles. The second-order valence-corrected chi connectivity index (χ2v) is 6.36. The number of rotatable bonds is 5. The first-order valence-corrected chi connectivity index (χ1v) is 8.46. The van der Waals surface area contributed by atoms with E-state index in [9.17, 15) is 10.1 Å². The summed E-state index contributed by atoms with van der Waals surface area (Å²) in [5.74, 6) is -0.00725. The summed E-state index contributed by atoms with van der Waals surface area (Å²) in [5, 5.41) is 16.6. The minimum Gasteiger partial charge on any atom is -0.336 e. The van der Waals surface area contributed by atoms with E-state index in [1.54, 1.807) is 29.5 Å². The first kappa shape index (κ1) is 16.0. The molecule has 1 fully saturated rings. The van der Waals surface area contributed by atoms with Gasteiger partial charge in [-0.05, 0) is 36.1 Å². The molecule has 3 atom stereocenters. The van der Waals surface area contributed by atoms with Crippen LogP contribution in [-0.4, -0.2) is 20.7 Å². The fourth-order valence-electron chi connectivity index (χ4n) is 3.10. The maximum atomic E-state index is 12.5. The number of hydrogen-bond donors (Lipinski definition) is 1. The summed E-state index contributed by atoms with van der Waals surface area (Å²) < 4.78 is 1.70. The molecule has 1 saturated carbocycles. The SMILES string of the molecule is N#CC(NC(=O)C1CC1c1cccnc1)c1cnn(-c2ccccc2)c1. The highest BCUT2D eigenvalue weighted by atomic mass is 16.2. The van der Waals surface area contributed by atoms with Crippen molar-refractivity contribution in [2.75, 3.05) is 0 Å². The summed E-state index contributed by atoms with van der Waals surface area (Å²) in [4.78, 5) is 16.6. The number of nitrogens with one attached hydrogen (secondary N) is 1. The topological polar surface area (TPSA) is 83.6 Å². The van der Waals surface area contributed by atoms with E-state index in [2.05, 4.69) is 21.5 Å². The van der Waals surface area contributed by atoms with E-state index in [-0.39, 0.29) is 17.7 Å². The Kier molecular flexibility index (Phi) is 4.20. The van der Waals surface area contributed by atoms with Gasteiger partial charge in [0.15, 0.2) is 0 Å². The first-order valence-electron chi connectivity index (χ1n) is 8.46. The van der Waals surface area contributed by atoms with Gasteiger partial charge in [-0.2, -0.15) is 10.4 Å². The largest absolute Gasteiger partial charge is 0.336 e. The van der Waals surface area contributed by atoms with E-state index in [1.807, 2.05) is 42.5 Å². The number of aromatic nitrogens is 3. The van der Waals surface area contributed by atoms with Gasteiger partial charge in [0.25, 0.3) is 0 Å². The van der Waals surface area contributed by atoms with Crippen LogP contribution >= 0.6 is 0 Å². The molecule has 1 aliphatic carbocycles. The number of amides is 1. The van der Waals surface area contributed by atoms with Gasteiger partial charge in [0, 0.05) is 30.1 Å². The van der Waals surface area contributed by atoms with Crippen LogP contribution in [0.15, 0.2) is 67.3 Å². The molecule has 0 saturated heterocycles. The Morgan fingerprint density at radius 2 is 2.08 bits per heavy atom. The quantitative estimate of drug-likeness (QED) is 0.772. The van der Waals surface area contributed by atoms with Crippen molar-refractivity contribution in [3.8, 4) is 11.8 Å². The number of benzene rings is 1. The van der Waals surface area contributed by atoms with Crippen LogP contribution in [0.3, 0.4) is 0 Å². The van der Waals surface area contributed by atoms with Gasteiger partial charge in [-0.25, -0.2) is 4.68 Å². The molecule has 6 heteroatoms. The van der Waals surface area contributed by atoms with Crippen LogP contribution in [0.2, 0.25) is 0 Å². The zero-order valence-corrected chi connectivity index (χ0v) is 14.0. The third-order valence-corrected chi connectivity index (χ3v) is 4.61. The van der Waals surface area contributed by atoms with Crippen LogP contribution < -0.4 is 5.32 Å². The summed E-state index contributed by atoms with van der Waals surface area (Å²) in [6, 6.07) is 14.9. The standard InChI is InChI=1S/C20H17N5O/c21-10-19(15-12-23-25(13-15)16-6-2-1-3-7-16)24-20(26)18-9-17(18)14-5-4-8-22-11-14/h1-8,11-13,17-19H,9H2,(H,24,26). The minimum absolute atomic E-state index is 0.0979. The normalized spacial score (nSPS) is 19.3. The molecule has 0 spiro atoms. The van der Waals surface area contributed by atoms with E-state index in [1.165, 1.54) is 0 Å². The number of carbonyl (C=O) groups excluding carboxylic acids is 1. The number of carbonyl (C=O) groups is 1. The van der Waals surface area contributed by atoms with E-state index in [0.29, 0.717) is 5.56 Å². The summed E-state index contributed by atoms with van der Waals surface area (Å²) in [5.41, 5.74) is 2.64. The molecule has 0 radical (unpaired) electrons. The Bertz CT molecular complexity index is 945. The van der Waals surface area contributed by atoms with Crippen LogP contribution in [0.5, 0.6) is 0 Å². The predicted octanol–water partition coefficient (Wildman–Crippen LogP) is 2.75. The molecule has 3 unspecified atom stereocenters. The van der Waals surface area contributed by atoms with Crippen molar-refractivity contribution >= 4 is 5.91 Å². The van der Waals surface area contributed by atoms with Crippen molar-refractivity contribution in [1.29, 1.82) is 5.26 Å². The molecular weight excluding hydrogens is 326 g/mol. The average molecular weight is 343 g/mol. The van der Waals surface area contributed by atoms with Gasteiger partial charge in [0.2, 0.25) is 5.91 Å².